The molecule has 2 aromatic heterocycles. The molecule has 0 radical (unpaired) electrons. The number of furan rings is 1. The van der Waals surface area contributed by atoms with Crippen molar-refractivity contribution in [3.63, 3.8) is 0 Å². The van der Waals surface area contributed by atoms with Gasteiger partial charge in [-0.15, -0.1) is 0 Å². The zero-order valence-electron chi connectivity index (χ0n) is 28.8. The van der Waals surface area contributed by atoms with E-state index < -0.39 is 0 Å². The van der Waals surface area contributed by atoms with Crippen LogP contribution in [-0.4, -0.2) is 4.57 Å². The first-order chi connectivity index (χ1) is 26.3. The standard InChI is InChI=1S/C49H33N3O/c1-4-13-32(14-5-1)49-50-42-26-23-35(31-45(42)52(49)37-17-8-3-9-18-37)38-20-12-22-47-48(38)41-30-34(25-28-46(41)53-47)33-24-27-44-40(29-33)39-19-10-11-21-43(39)51(44)36-15-6-2-7-16-36/h1-31,49-50H. The van der Waals surface area contributed by atoms with E-state index in [-0.39, 0.29) is 6.17 Å². The van der Waals surface area contributed by atoms with Crippen LogP contribution in [0.1, 0.15) is 11.7 Å². The molecule has 1 N–H and O–H groups in total. The number of hydrogen-bond acceptors (Lipinski definition) is 3. The Morgan fingerprint density at radius 1 is 0.453 bits per heavy atom. The Hall–Kier alpha value is -7.04. The highest BCUT2D eigenvalue weighted by Crippen LogP contribution is 2.48. The average Bonchev–Trinajstić information content (AvgIpc) is 3.91. The fourth-order valence-electron chi connectivity index (χ4n) is 8.37. The molecule has 0 spiro atoms. The number of nitrogens with one attached hydrogen (secondary N) is 1. The van der Waals surface area contributed by atoms with Gasteiger partial charge in [-0.05, 0) is 101 Å². The molecule has 0 aliphatic carbocycles. The summed E-state index contributed by atoms with van der Waals surface area (Å²) in [6.07, 6.45) is -0.0176. The Morgan fingerprint density at radius 3 is 1.92 bits per heavy atom. The van der Waals surface area contributed by atoms with Gasteiger partial charge in [-0.25, -0.2) is 0 Å². The van der Waals surface area contributed by atoms with E-state index in [9.17, 15) is 0 Å². The van der Waals surface area contributed by atoms with Gasteiger partial charge in [0.1, 0.15) is 17.3 Å². The lowest BCUT2D eigenvalue weighted by Gasteiger charge is -2.27. The van der Waals surface area contributed by atoms with Crippen molar-refractivity contribution in [3.05, 3.63) is 194 Å². The second kappa shape index (κ2) is 11.8. The second-order valence-electron chi connectivity index (χ2n) is 13.8. The first-order valence-corrected chi connectivity index (χ1v) is 18.1. The van der Waals surface area contributed by atoms with Gasteiger partial charge >= 0.3 is 0 Å². The first-order valence-electron chi connectivity index (χ1n) is 18.1. The molecule has 0 saturated heterocycles. The lowest BCUT2D eigenvalue weighted by atomic mass is 9.96. The zero-order valence-corrected chi connectivity index (χ0v) is 28.8. The van der Waals surface area contributed by atoms with Crippen LogP contribution in [0.15, 0.2) is 192 Å². The smallest absolute Gasteiger partial charge is 0.136 e. The van der Waals surface area contributed by atoms with Crippen LogP contribution >= 0.6 is 0 Å². The summed E-state index contributed by atoms with van der Waals surface area (Å²) in [6.45, 7) is 0. The highest BCUT2D eigenvalue weighted by atomic mass is 16.3. The molecule has 1 aliphatic rings. The van der Waals surface area contributed by atoms with Gasteiger partial charge in [-0.1, -0.05) is 115 Å². The summed E-state index contributed by atoms with van der Waals surface area (Å²) in [5, 5.41) is 8.53. The largest absolute Gasteiger partial charge is 0.456 e. The van der Waals surface area contributed by atoms with Gasteiger partial charge in [0, 0.05) is 32.9 Å². The molecule has 0 bridgehead atoms. The fourth-order valence-corrected chi connectivity index (χ4v) is 8.37. The topological polar surface area (TPSA) is 33.3 Å². The number of hydrogen-bond donors (Lipinski definition) is 1. The first kappa shape index (κ1) is 29.7. The molecule has 4 nitrogen and oxygen atoms in total. The maximum Gasteiger partial charge on any atom is 0.136 e. The monoisotopic (exact) mass is 679 g/mol. The van der Waals surface area contributed by atoms with Crippen molar-refractivity contribution in [2.45, 2.75) is 6.17 Å². The number of para-hydroxylation sites is 3. The van der Waals surface area contributed by atoms with Crippen molar-refractivity contribution >= 4 is 60.8 Å². The van der Waals surface area contributed by atoms with Gasteiger partial charge in [-0.2, -0.15) is 0 Å². The molecule has 8 aromatic carbocycles. The van der Waals surface area contributed by atoms with Crippen LogP contribution in [0, 0.1) is 0 Å². The Kier molecular flexibility index (Phi) is 6.58. The minimum Gasteiger partial charge on any atom is -0.456 e. The van der Waals surface area contributed by atoms with Crippen molar-refractivity contribution in [3.8, 4) is 27.9 Å². The van der Waals surface area contributed by atoms with Crippen molar-refractivity contribution in [1.29, 1.82) is 0 Å². The van der Waals surface area contributed by atoms with E-state index in [1.54, 1.807) is 0 Å². The SMILES string of the molecule is c1ccc(C2Nc3ccc(-c4cccc5oc6ccc(-c7ccc8c(c7)c7ccccc7n8-c7ccccc7)cc6c45)cc3N2c2ccccc2)cc1. The van der Waals surface area contributed by atoms with Gasteiger partial charge in [0.2, 0.25) is 0 Å². The Morgan fingerprint density at radius 2 is 1.11 bits per heavy atom. The fraction of sp³-hybridized carbons (Fsp3) is 0.0204. The van der Waals surface area contributed by atoms with Crippen molar-refractivity contribution in [2.75, 3.05) is 10.2 Å². The summed E-state index contributed by atoms with van der Waals surface area (Å²) >= 11 is 0. The van der Waals surface area contributed by atoms with Crippen LogP contribution in [0.4, 0.5) is 17.1 Å². The van der Waals surface area contributed by atoms with Crippen molar-refractivity contribution < 1.29 is 4.42 Å². The summed E-state index contributed by atoms with van der Waals surface area (Å²) in [5.41, 5.74) is 14.6. The molecule has 53 heavy (non-hydrogen) atoms. The van der Waals surface area contributed by atoms with Crippen LogP contribution in [-0.2, 0) is 0 Å². The third-order valence-electron chi connectivity index (χ3n) is 10.8. The summed E-state index contributed by atoms with van der Waals surface area (Å²) in [6, 6.07) is 67.3. The van der Waals surface area contributed by atoms with E-state index >= 15 is 0 Å². The third kappa shape index (κ3) is 4.69. The van der Waals surface area contributed by atoms with E-state index in [1.165, 1.54) is 32.9 Å². The molecule has 1 unspecified atom stereocenters. The molecule has 250 valence electrons. The van der Waals surface area contributed by atoms with E-state index in [4.69, 9.17) is 4.42 Å². The number of aromatic nitrogens is 1. The van der Waals surface area contributed by atoms with E-state index in [2.05, 4.69) is 203 Å². The number of fused-ring (bicyclic) bond motifs is 7. The molecule has 4 heteroatoms. The number of rotatable bonds is 5. The molecular formula is C49H33N3O. The molecule has 0 amide bonds. The average molecular weight is 680 g/mol. The Balaban J connectivity index is 1.05. The van der Waals surface area contributed by atoms with Crippen LogP contribution in [0.5, 0.6) is 0 Å². The minimum atomic E-state index is -0.0176. The maximum atomic E-state index is 6.52. The van der Waals surface area contributed by atoms with E-state index in [1.807, 2.05) is 0 Å². The van der Waals surface area contributed by atoms with Gasteiger partial charge in [0.15, 0.2) is 0 Å². The molecule has 1 aliphatic heterocycles. The van der Waals surface area contributed by atoms with Gasteiger partial charge in [0.05, 0.1) is 22.4 Å². The number of nitrogens with zero attached hydrogens (tertiary/aromatic N) is 2. The van der Waals surface area contributed by atoms with E-state index in [0.29, 0.717) is 0 Å². The molecular weight excluding hydrogens is 647 g/mol. The van der Waals surface area contributed by atoms with Crippen LogP contribution in [0.3, 0.4) is 0 Å². The normalized spacial score (nSPS) is 14.0. The summed E-state index contributed by atoms with van der Waals surface area (Å²) < 4.78 is 8.88. The van der Waals surface area contributed by atoms with Crippen LogP contribution in [0.25, 0.3) is 71.7 Å². The second-order valence-corrected chi connectivity index (χ2v) is 13.8. The van der Waals surface area contributed by atoms with Gasteiger partial charge in [-0.3, -0.25) is 0 Å². The Bertz CT molecular complexity index is 2980. The highest BCUT2D eigenvalue weighted by molar-refractivity contribution is 6.14. The van der Waals surface area contributed by atoms with Crippen molar-refractivity contribution in [2.24, 2.45) is 0 Å². The number of anilines is 3. The zero-order chi connectivity index (χ0) is 34.9. The van der Waals surface area contributed by atoms with E-state index in [0.717, 1.165) is 61.4 Å². The predicted molar refractivity (Wildman–Crippen MR) is 220 cm³/mol. The third-order valence-corrected chi connectivity index (χ3v) is 10.8. The molecule has 1 atom stereocenters. The van der Waals surface area contributed by atoms with Crippen molar-refractivity contribution in [1.82, 2.24) is 4.57 Å². The van der Waals surface area contributed by atoms with Crippen LogP contribution in [0.2, 0.25) is 0 Å². The molecule has 0 fully saturated rings. The maximum absolute atomic E-state index is 6.52. The highest BCUT2D eigenvalue weighted by Gasteiger charge is 2.31. The minimum absolute atomic E-state index is 0.0176. The molecule has 0 saturated carbocycles. The lowest BCUT2D eigenvalue weighted by molar-refractivity contribution is 0.669. The number of benzene rings is 8. The quantitative estimate of drug-likeness (QED) is 0.197. The summed E-state index contributed by atoms with van der Waals surface area (Å²) in [7, 11) is 0. The molecule has 11 rings (SSSR count). The van der Waals surface area contributed by atoms with Crippen LogP contribution < -0.4 is 10.2 Å². The summed E-state index contributed by atoms with van der Waals surface area (Å²) in [5.74, 6) is 0. The molecule has 10 aromatic rings. The summed E-state index contributed by atoms with van der Waals surface area (Å²) in [4.78, 5) is 2.41. The predicted octanol–water partition coefficient (Wildman–Crippen LogP) is 13.3. The Labute approximate surface area is 306 Å². The van der Waals surface area contributed by atoms with Gasteiger partial charge in [0.25, 0.3) is 0 Å². The molecule has 3 heterocycles. The van der Waals surface area contributed by atoms with Gasteiger partial charge < -0.3 is 19.2 Å². The lowest BCUT2D eigenvalue weighted by Crippen LogP contribution is -2.23.